The van der Waals surface area contributed by atoms with Crippen LogP contribution in [0.2, 0.25) is 5.02 Å². The molecule has 1 saturated carbocycles. The van der Waals surface area contributed by atoms with Crippen LogP contribution in [0.25, 0.3) is 11.4 Å². The lowest BCUT2D eigenvalue weighted by Gasteiger charge is -2.38. The van der Waals surface area contributed by atoms with E-state index in [9.17, 15) is 9.18 Å². The summed E-state index contributed by atoms with van der Waals surface area (Å²) in [5.74, 6) is -0.224. The molecule has 2 aliphatic rings. The van der Waals surface area contributed by atoms with Crippen molar-refractivity contribution in [1.82, 2.24) is 15.5 Å². The summed E-state index contributed by atoms with van der Waals surface area (Å²) in [6.07, 6.45) is 0.581. The highest BCUT2D eigenvalue weighted by atomic mass is 35.5. The average Bonchev–Trinajstić information content (AvgIpc) is 3.06. The normalized spacial score (nSPS) is 30.2. The molecule has 7 heteroatoms. The van der Waals surface area contributed by atoms with Gasteiger partial charge in [0, 0.05) is 24.1 Å². The van der Waals surface area contributed by atoms with Crippen molar-refractivity contribution in [2.24, 2.45) is 5.92 Å². The van der Waals surface area contributed by atoms with Crippen molar-refractivity contribution >= 4 is 17.4 Å². The molecule has 0 radical (unpaired) electrons. The van der Waals surface area contributed by atoms with Gasteiger partial charge in [0.15, 0.2) is 5.78 Å². The van der Waals surface area contributed by atoms with E-state index < -0.39 is 12.1 Å². The van der Waals surface area contributed by atoms with Crippen LogP contribution in [0, 0.1) is 5.92 Å². The van der Waals surface area contributed by atoms with Crippen LogP contribution >= 0.6 is 11.6 Å². The number of Topliss-reactive ketones (excluding diaryl/α,β-unsaturated/α-hetero) is 1. The standard InChI is InChI=1S/C17H17ClFN3O2/c18-13-4-2-1-3-10(13)16-21-17(24-22-16)12-8-20-14-6-5-9(19)7-11(14)15(12)23/h1-4,9,11-12,14,20H,5-8H2. The summed E-state index contributed by atoms with van der Waals surface area (Å²) in [6, 6.07) is 7.25. The highest BCUT2D eigenvalue weighted by Gasteiger charge is 2.44. The topological polar surface area (TPSA) is 68.0 Å². The number of rotatable bonds is 2. The molecule has 4 atom stereocenters. The van der Waals surface area contributed by atoms with E-state index in [2.05, 4.69) is 15.5 Å². The second-order valence-corrected chi connectivity index (χ2v) is 6.83. The summed E-state index contributed by atoms with van der Waals surface area (Å²) in [5, 5.41) is 7.81. The van der Waals surface area contributed by atoms with E-state index in [0.717, 1.165) is 0 Å². The number of fused-ring (bicyclic) bond motifs is 1. The van der Waals surface area contributed by atoms with E-state index >= 15 is 0 Å². The van der Waals surface area contributed by atoms with Gasteiger partial charge >= 0.3 is 0 Å². The molecule has 2 aromatic rings. The zero-order valence-corrected chi connectivity index (χ0v) is 13.7. The molecule has 2 fully saturated rings. The summed E-state index contributed by atoms with van der Waals surface area (Å²) >= 11 is 6.15. The number of hydrogen-bond donors (Lipinski definition) is 1. The molecule has 1 aliphatic carbocycles. The summed E-state index contributed by atoms with van der Waals surface area (Å²) < 4.78 is 19.0. The fourth-order valence-corrected chi connectivity index (χ4v) is 3.86. The third kappa shape index (κ3) is 2.74. The van der Waals surface area contributed by atoms with Crippen molar-refractivity contribution in [3.63, 3.8) is 0 Å². The van der Waals surface area contributed by atoms with E-state index in [4.69, 9.17) is 16.1 Å². The molecule has 126 valence electrons. The number of aromatic nitrogens is 2. The Kier molecular flexibility index (Phi) is 4.10. The van der Waals surface area contributed by atoms with Crippen LogP contribution in [0.3, 0.4) is 0 Å². The Bertz CT molecular complexity index is 766. The highest BCUT2D eigenvalue weighted by molar-refractivity contribution is 6.33. The molecule has 0 amide bonds. The average molecular weight is 350 g/mol. The monoisotopic (exact) mass is 349 g/mol. The van der Waals surface area contributed by atoms with Gasteiger partial charge in [0.05, 0.1) is 5.02 Å². The van der Waals surface area contributed by atoms with Crippen LogP contribution in [-0.4, -0.2) is 34.7 Å². The van der Waals surface area contributed by atoms with Crippen LogP contribution in [0.5, 0.6) is 0 Å². The minimum atomic E-state index is -0.905. The molecule has 4 unspecified atom stereocenters. The smallest absolute Gasteiger partial charge is 0.238 e. The van der Waals surface area contributed by atoms with Gasteiger partial charge in [0.25, 0.3) is 0 Å². The molecule has 0 spiro atoms. The minimum absolute atomic E-state index is 0.00420. The first-order valence-corrected chi connectivity index (χ1v) is 8.51. The molecule has 1 aliphatic heterocycles. The van der Waals surface area contributed by atoms with Crippen molar-refractivity contribution < 1.29 is 13.7 Å². The third-order valence-corrected chi connectivity index (χ3v) is 5.26. The fourth-order valence-electron chi connectivity index (χ4n) is 3.64. The van der Waals surface area contributed by atoms with Crippen molar-refractivity contribution in [1.29, 1.82) is 0 Å². The number of ketones is 1. The first-order chi connectivity index (χ1) is 11.6. The number of piperidine rings is 1. The molecule has 5 nitrogen and oxygen atoms in total. The predicted octanol–water partition coefficient (Wildman–Crippen LogP) is 3.15. The SMILES string of the molecule is O=C1C(c2nc(-c3ccccc3Cl)no2)CNC2CCC(F)CC12. The maximum atomic E-state index is 13.7. The zero-order valence-electron chi connectivity index (χ0n) is 12.9. The first kappa shape index (κ1) is 15.7. The summed E-state index contributed by atoms with van der Waals surface area (Å²) in [7, 11) is 0. The van der Waals surface area contributed by atoms with Crippen LogP contribution in [-0.2, 0) is 4.79 Å². The lowest BCUT2D eigenvalue weighted by Crippen LogP contribution is -2.53. The molecule has 1 N–H and O–H groups in total. The molecule has 4 rings (SSSR count). The molecular weight excluding hydrogens is 333 g/mol. The summed E-state index contributed by atoms with van der Waals surface area (Å²) in [5.41, 5.74) is 0.657. The van der Waals surface area contributed by atoms with Crippen LogP contribution in [0.4, 0.5) is 4.39 Å². The van der Waals surface area contributed by atoms with Gasteiger partial charge in [-0.2, -0.15) is 4.98 Å². The Hall–Kier alpha value is -1.79. The van der Waals surface area contributed by atoms with Crippen LogP contribution in [0.15, 0.2) is 28.8 Å². The number of hydrogen-bond acceptors (Lipinski definition) is 5. The predicted molar refractivity (Wildman–Crippen MR) is 86.5 cm³/mol. The number of nitrogens with zero attached hydrogens (tertiary/aromatic N) is 2. The molecule has 0 bridgehead atoms. The second kappa shape index (κ2) is 6.26. The van der Waals surface area contributed by atoms with Gasteiger partial charge in [-0.3, -0.25) is 4.79 Å². The Labute approximate surface area is 143 Å². The van der Waals surface area contributed by atoms with Crippen molar-refractivity contribution in [3.05, 3.63) is 35.2 Å². The van der Waals surface area contributed by atoms with E-state index in [1.54, 1.807) is 12.1 Å². The van der Waals surface area contributed by atoms with Gasteiger partial charge in [0.2, 0.25) is 11.7 Å². The quantitative estimate of drug-likeness (QED) is 0.902. The highest BCUT2D eigenvalue weighted by Crippen LogP contribution is 2.35. The number of carbonyl (C=O) groups excluding carboxylic acids is 1. The number of benzene rings is 1. The molecule has 24 heavy (non-hydrogen) atoms. The summed E-state index contributed by atoms with van der Waals surface area (Å²) in [6.45, 7) is 0.446. The van der Waals surface area contributed by atoms with E-state index in [0.29, 0.717) is 35.8 Å². The van der Waals surface area contributed by atoms with Gasteiger partial charge in [-0.25, -0.2) is 4.39 Å². The Morgan fingerprint density at radius 2 is 2.12 bits per heavy atom. The zero-order chi connectivity index (χ0) is 16.7. The summed E-state index contributed by atoms with van der Waals surface area (Å²) in [4.78, 5) is 17.1. The van der Waals surface area contributed by atoms with Gasteiger partial charge in [-0.15, -0.1) is 0 Å². The number of nitrogens with one attached hydrogen (secondary N) is 1. The van der Waals surface area contributed by atoms with Crippen molar-refractivity contribution in [2.75, 3.05) is 6.54 Å². The Morgan fingerprint density at radius 3 is 2.96 bits per heavy atom. The third-order valence-electron chi connectivity index (χ3n) is 4.93. The van der Waals surface area contributed by atoms with Crippen LogP contribution in [0.1, 0.15) is 31.1 Å². The van der Waals surface area contributed by atoms with Gasteiger partial charge in [0.1, 0.15) is 12.1 Å². The molecule has 1 aromatic heterocycles. The number of carbonyl (C=O) groups is 1. The van der Waals surface area contributed by atoms with Gasteiger partial charge < -0.3 is 9.84 Å². The van der Waals surface area contributed by atoms with E-state index in [1.165, 1.54) is 0 Å². The van der Waals surface area contributed by atoms with E-state index in [-0.39, 0.29) is 30.1 Å². The second-order valence-electron chi connectivity index (χ2n) is 6.42. The molecule has 2 heterocycles. The van der Waals surface area contributed by atoms with Crippen molar-refractivity contribution in [2.45, 2.75) is 37.4 Å². The Morgan fingerprint density at radius 1 is 1.29 bits per heavy atom. The molecular formula is C17H17ClFN3O2. The number of alkyl halides is 1. The molecule has 1 saturated heterocycles. The van der Waals surface area contributed by atoms with Crippen LogP contribution < -0.4 is 5.32 Å². The van der Waals surface area contributed by atoms with Crippen molar-refractivity contribution in [3.8, 4) is 11.4 Å². The molecule has 1 aromatic carbocycles. The fraction of sp³-hybridized carbons (Fsp3) is 0.471. The lowest BCUT2D eigenvalue weighted by molar-refractivity contribution is -0.129. The lowest BCUT2D eigenvalue weighted by atomic mass is 9.74. The number of halogens is 2. The maximum absolute atomic E-state index is 13.7. The minimum Gasteiger partial charge on any atom is -0.338 e. The Balaban J connectivity index is 1.59. The van der Waals surface area contributed by atoms with E-state index in [1.807, 2.05) is 12.1 Å². The first-order valence-electron chi connectivity index (χ1n) is 8.13. The largest absolute Gasteiger partial charge is 0.338 e. The maximum Gasteiger partial charge on any atom is 0.238 e. The van der Waals surface area contributed by atoms with Gasteiger partial charge in [-0.1, -0.05) is 28.9 Å². The van der Waals surface area contributed by atoms with Gasteiger partial charge in [-0.05, 0) is 31.4 Å².